The molecule has 6 aliphatic heterocycles. The molecule has 1 atom stereocenters. The van der Waals surface area contributed by atoms with Crippen molar-refractivity contribution in [2.75, 3.05) is 6.54 Å². The topological polar surface area (TPSA) is 207 Å². The molecule has 0 N–H and O–H groups in total. The van der Waals surface area contributed by atoms with Crippen LogP contribution in [0.2, 0.25) is 0 Å². The van der Waals surface area contributed by atoms with Crippen LogP contribution in [0.1, 0.15) is 117 Å². The summed E-state index contributed by atoms with van der Waals surface area (Å²) in [5.41, 5.74) is 1.69. The van der Waals surface area contributed by atoms with Gasteiger partial charge < -0.3 is 4.90 Å². The number of nitrogens with zero attached hydrogens (tertiary/aromatic N) is 6. The minimum absolute atomic E-state index is 0.00343. The molecule has 374 valence electrons. The highest BCUT2D eigenvalue weighted by molar-refractivity contribution is 6.58. The lowest BCUT2D eigenvalue weighted by Gasteiger charge is -2.26. The standard InChI is InChI=1S/C10H17NO.C9H13NO2.C8H11NO2.C7H7Cl2NO2.C7H8ClNO2.C7H9NO2/c1-4-10(12)11-7-5-6-9(11)8(2)3;1-5(2)10-8(11)6(3)7(4)9(10)12;1-5(2)9-7(10)4-6(3)8(9)11;1-3(2)10-6(11)4(8)5(9)7(10)12;1-4(2)9-6(10)3-5(8)7(9)11;1-5(2)8-6(9)3-4-7(8)10/h4,8-9H,1,5-7H2,2-3H3;5H,1-4H3;4-5H,1-3H3;3H,1-2H3;3-4H,1-2H3;3-5H,1-2H3. The summed E-state index contributed by atoms with van der Waals surface area (Å²) in [4.78, 5) is 130. The second-order valence-corrected chi connectivity index (χ2v) is 18.9. The minimum atomic E-state index is -0.512. The first-order chi connectivity index (χ1) is 31.3. The van der Waals surface area contributed by atoms with Crippen molar-refractivity contribution in [3.8, 4) is 0 Å². The number of halogens is 3. The number of hydrogen-bond acceptors (Lipinski definition) is 11. The van der Waals surface area contributed by atoms with Gasteiger partial charge in [-0.15, -0.1) is 0 Å². The molecule has 6 heterocycles. The number of imide groups is 5. The molecule has 0 radical (unpaired) electrons. The first kappa shape index (κ1) is 60.5. The summed E-state index contributed by atoms with van der Waals surface area (Å²) in [6, 6.07) is -0.0101. The number of hydrogen-bond donors (Lipinski definition) is 0. The Labute approximate surface area is 414 Å². The van der Waals surface area contributed by atoms with Crippen molar-refractivity contribution in [2.24, 2.45) is 5.92 Å². The van der Waals surface area contributed by atoms with Crippen molar-refractivity contribution >= 4 is 99.8 Å². The van der Waals surface area contributed by atoms with E-state index in [4.69, 9.17) is 34.8 Å². The third kappa shape index (κ3) is 15.0. The van der Waals surface area contributed by atoms with Crippen LogP contribution in [0.5, 0.6) is 0 Å². The van der Waals surface area contributed by atoms with Gasteiger partial charge in [0.15, 0.2) is 0 Å². The second-order valence-electron chi connectivity index (χ2n) is 17.7. The molecule has 0 saturated carbocycles. The zero-order valence-electron chi connectivity index (χ0n) is 41.6. The first-order valence-electron chi connectivity index (χ1n) is 22.1. The van der Waals surface area contributed by atoms with E-state index in [2.05, 4.69) is 20.4 Å². The van der Waals surface area contributed by atoms with Crippen molar-refractivity contribution in [1.29, 1.82) is 0 Å². The average Bonchev–Trinajstić information content (AvgIpc) is 4.06. The summed E-state index contributed by atoms with van der Waals surface area (Å²) in [5.74, 6) is -2.15. The maximum atomic E-state index is 11.4. The molecule has 0 spiro atoms. The highest BCUT2D eigenvalue weighted by atomic mass is 35.5. The molecule has 6 aliphatic rings. The number of amides is 11. The largest absolute Gasteiger partial charge is 0.336 e. The van der Waals surface area contributed by atoms with Gasteiger partial charge in [0.25, 0.3) is 59.1 Å². The first-order valence-corrected chi connectivity index (χ1v) is 23.2. The minimum Gasteiger partial charge on any atom is -0.336 e. The van der Waals surface area contributed by atoms with Crippen LogP contribution in [0, 0.1) is 5.92 Å². The fourth-order valence-corrected chi connectivity index (χ4v) is 7.57. The third-order valence-electron chi connectivity index (χ3n) is 10.6. The number of carbonyl (C=O) groups is 11. The summed E-state index contributed by atoms with van der Waals surface area (Å²) in [6.45, 7) is 31.7. The summed E-state index contributed by atoms with van der Waals surface area (Å²) in [5, 5.41) is -0.366. The molecular weight excluding hydrogens is 943 g/mol. The van der Waals surface area contributed by atoms with Gasteiger partial charge in [0.05, 0.1) is 0 Å². The smallest absolute Gasteiger partial charge is 0.274 e. The Balaban J connectivity index is 0.000000408. The van der Waals surface area contributed by atoms with Crippen LogP contribution in [-0.4, -0.2) is 137 Å². The highest BCUT2D eigenvalue weighted by Crippen LogP contribution is 2.28. The van der Waals surface area contributed by atoms with E-state index >= 15 is 0 Å². The molecule has 17 nitrogen and oxygen atoms in total. The van der Waals surface area contributed by atoms with E-state index in [9.17, 15) is 52.7 Å². The van der Waals surface area contributed by atoms with Crippen LogP contribution < -0.4 is 0 Å². The summed E-state index contributed by atoms with van der Waals surface area (Å²) in [7, 11) is 0. The second kappa shape index (κ2) is 26.3. The van der Waals surface area contributed by atoms with Crippen molar-refractivity contribution in [3.05, 3.63) is 68.8 Å². The highest BCUT2D eigenvalue weighted by Gasteiger charge is 2.38. The average molecular weight is 1010 g/mol. The van der Waals surface area contributed by atoms with Crippen LogP contribution in [0.25, 0.3) is 0 Å². The molecule has 11 amide bonds. The monoisotopic (exact) mass is 1010 g/mol. The summed E-state index contributed by atoms with van der Waals surface area (Å²) in [6.07, 6.45) is 8.82. The predicted molar refractivity (Wildman–Crippen MR) is 259 cm³/mol. The van der Waals surface area contributed by atoms with Gasteiger partial charge in [-0.3, -0.25) is 77.2 Å². The van der Waals surface area contributed by atoms with Crippen molar-refractivity contribution in [2.45, 2.75) is 153 Å². The van der Waals surface area contributed by atoms with Crippen LogP contribution in [0.4, 0.5) is 0 Å². The van der Waals surface area contributed by atoms with Crippen molar-refractivity contribution < 1.29 is 52.7 Å². The molecular formula is C48H65Cl3N6O11. The Morgan fingerprint density at radius 2 is 0.897 bits per heavy atom. The zero-order chi connectivity index (χ0) is 53.0. The van der Waals surface area contributed by atoms with Gasteiger partial charge in [-0.05, 0) is 115 Å². The Morgan fingerprint density at radius 1 is 0.529 bits per heavy atom. The van der Waals surface area contributed by atoms with Gasteiger partial charge in [0, 0.05) is 83.8 Å². The molecule has 0 aliphatic carbocycles. The normalized spacial score (nSPS) is 19.1. The van der Waals surface area contributed by atoms with Gasteiger partial charge >= 0.3 is 0 Å². The summed E-state index contributed by atoms with van der Waals surface area (Å²) >= 11 is 16.4. The lowest BCUT2D eigenvalue weighted by Crippen LogP contribution is -2.37. The van der Waals surface area contributed by atoms with E-state index in [1.165, 1.54) is 39.0 Å². The Morgan fingerprint density at radius 3 is 1.13 bits per heavy atom. The fourth-order valence-electron chi connectivity index (χ4n) is 7.04. The van der Waals surface area contributed by atoms with E-state index in [1.807, 2.05) is 46.4 Å². The van der Waals surface area contributed by atoms with E-state index < -0.39 is 17.7 Å². The molecule has 0 aromatic rings. The molecule has 68 heavy (non-hydrogen) atoms. The van der Waals surface area contributed by atoms with E-state index in [0.29, 0.717) is 28.7 Å². The quantitative estimate of drug-likeness (QED) is 0.205. The Kier molecular flexibility index (Phi) is 23.4. The maximum Gasteiger partial charge on any atom is 0.274 e. The van der Waals surface area contributed by atoms with Crippen LogP contribution >= 0.6 is 34.8 Å². The Bertz CT molecular complexity index is 2060. The van der Waals surface area contributed by atoms with Crippen LogP contribution in [0.15, 0.2) is 68.8 Å². The molecule has 20 heteroatoms. The number of carbonyl (C=O) groups excluding carboxylic acids is 11. The molecule has 1 saturated heterocycles. The van der Waals surface area contributed by atoms with Gasteiger partial charge in [-0.1, -0.05) is 55.2 Å². The molecule has 0 bridgehead atoms. The third-order valence-corrected chi connectivity index (χ3v) is 11.7. The maximum absolute atomic E-state index is 11.4. The number of rotatable bonds is 7. The van der Waals surface area contributed by atoms with Gasteiger partial charge in [-0.25, -0.2) is 0 Å². The molecule has 6 rings (SSSR count). The molecule has 1 unspecified atom stereocenters. The van der Waals surface area contributed by atoms with Crippen LogP contribution in [-0.2, 0) is 52.7 Å². The van der Waals surface area contributed by atoms with Gasteiger partial charge in [0.1, 0.15) is 15.1 Å². The fraction of sp³-hybridized carbons (Fsp3) is 0.521. The molecule has 0 aromatic carbocycles. The zero-order valence-corrected chi connectivity index (χ0v) is 43.8. The molecule has 1 fully saturated rings. The Hall–Kier alpha value is -5.52. The lowest BCUT2D eigenvalue weighted by molar-refractivity contribution is -0.141. The SMILES string of the molecule is C=CC(=O)N1CCCC1C(C)C.CC(C)N1C(=O)C(Cl)=C(Cl)C1=O.CC(C)N1C(=O)C=C(Cl)C1=O.CC(C)N1C(=O)C=CC1=O.CC1=C(C)C(=O)N(C(C)C)C1=O.CC1=CC(=O)N(C(C)C)C1=O. The van der Waals surface area contributed by atoms with Gasteiger partial charge in [-0.2, -0.15) is 0 Å². The lowest BCUT2D eigenvalue weighted by atomic mass is 10.0. The van der Waals surface area contributed by atoms with E-state index in [1.54, 1.807) is 48.5 Å². The van der Waals surface area contributed by atoms with Crippen molar-refractivity contribution in [1.82, 2.24) is 29.4 Å². The van der Waals surface area contributed by atoms with Crippen molar-refractivity contribution in [3.63, 3.8) is 0 Å². The summed E-state index contributed by atoms with van der Waals surface area (Å²) < 4.78 is 0. The van der Waals surface area contributed by atoms with E-state index in [-0.39, 0.29) is 92.6 Å². The van der Waals surface area contributed by atoms with Gasteiger partial charge in [0.2, 0.25) is 5.91 Å². The molecule has 0 aromatic heterocycles. The van der Waals surface area contributed by atoms with Crippen LogP contribution in [0.3, 0.4) is 0 Å². The predicted octanol–water partition coefficient (Wildman–Crippen LogP) is 6.29. The van der Waals surface area contributed by atoms with E-state index in [0.717, 1.165) is 35.3 Å². The number of likely N-dealkylation sites (tertiary alicyclic amines) is 1.